The first-order valence-electron chi connectivity index (χ1n) is 6.46. The van der Waals surface area contributed by atoms with Gasteiger partial charge in [-0.15, -0.1) is 0 Å². The predicted octanol–water partition coefficient (Wildman–Crippen LogP) is 3.11. The third kappa shape index (κ3) is 2.19. The summed E-state index contributed by atoms with van der Waals surface area (Å²) in [4.78, 5) is 0. The van der Waals surface area contributed by atoms with E-state index >= 15 is 0 Å². The van der Waals surface area contributed by atoms with Crippen LogP contribution in [0.1, 0.15) is 47.4 Å². The van der Waals surface area contributed by atoms with Gasteiger partial charge in [-0.2, -0.15) is 0 Å². The van der Waals surface area contributed by atoms with E-state index < -0.39 is 0 Å². The molecule has 1 atom stereocenters. The summed E-state index contributed by atoms with van der Waals surface area (Å²) in [7, 11) is 1.76. The molecule has 0 aromatic heterocycles. The van der Waals surface area contributed by atoms with E-state index in [-0.39, 0.29) is 6.61 Å². The van der Waals surface area contributed by atoms with Gasteiger partial charge in [0.2, 0.25) is 0 Å². The standard InChI is InChI=1S/C15H22O2/c1-10-9-13-6-4-5-12(7-8-16)14(13)15(17-3)11(10)2/h9,12,16H,4-8H2,1-3H3/t12-/m0/s1. The molecule has 0 saturated carbocycles. The Balaban J connectivity index is 2.54. The van der Waals surface area contributed by atoms with Crippen LogP contribution in [0.2, 0.25) is 0 Å². The van der Waals surface area contributed by atoms with Crippen molar-refractivity contribution in [3.63, 3.8) is 0 Å². The first-order valence-corrected chi connectivity index (χ1v) is 6.46. The van der Waals surface area contributed by atoms with Crippen LogP contribution < -0.4 is 4.74 Å². The van der Waals surface area contributed by atoms with Crippen molar-refractivity contribution in [3.05, 3.63) is 28.3 Å². The van der Waals surface area contributed by atoms with Gasteiger partial charge in [-0.25, -0.2) is 0 Å². The van der Waals surface area contributed by atoms with Crippen LogP contribution in [-0.4, -0.2) is 18.8 Å². The first kappa shape index (κ1) is 12.4. The van der Waals surface area contributed by atoms with E-state index in [1.54, 1.807) is 7.11 Å². The summed E-state index contributed by atoms with van der Waals surface area (Å²) in [6.45, 7) is 4.53. The van der Waals surface area contributed by atoms with Crippen molar-refractivity contribution in [2.75, 3.05) is 13.7 Å². The highest BCUT2D eigenvalue weighted by Crippen LogP contribution is 2.42. The lowest BCUT2D eigenvalue weighted by molar-refractivity contribution is 0.267. The zero-order valence-corrected chi connectivity index (χ0v) is 11.0. The lowest BCUT2D eigenvalue weighted by atomic mass is 9.79. The second kappa shape index (κ2) is 5.09. The van der Waals surface area contributed by atoms with E-state index in [1.165, 1.54) is 35.1 Å². The lowest BCUT2D eigenvalue weighted by Crippen LogP contribution is -2.14. The maximum atomic E-state index is 9.19. The van der Waals surface area contributed by atoms with Gasteiger partial charge in [-0.1, -0.05) is 6.07 Å². The smallest absolute Gasteiger partial charge is 0.125 e. The molecule has 0 bridgehead atoms. The zero-order chi connectivity index (χ0) is 12.4. The molecule has 1 aromatic rings. The van der Waals surface area contributed by atoms with Gasteiger partial charge in [-0.3, -0.25) is 0 Å². The van der Waals surface area contributed by atoms with Crippen LogP contribution in [-0.2, 0) is 6.42 Å². The summed E-state index contributed by atoms with van der Waals surface area (Å²) >= 11 is 0. The van der Waals surface area contributed by atoms with Gasteiger partial charge in [-0.05, 0) is 62.1 Å². The molecule has 2 rings (SSSR count). The molecule has 0 radical (unpaired) electrons. The maximum absolute atomic E-state index is 9.19. The van der Waals surface area contributed by atoms with E-state index in [9.17, 15) is 5.11 Å². The zero-order valence-electron chi connectivity index (χ0n) is 11.0. The molecule has 0 spiro atoms. The highest BCUT2D eigenvalue weighted by Gasteiger charge is 2.25. The molecule has 1 aromatic carbocycles. The minimum atomic E-state index is 0.264. The van der Waals surface area contributed by atoms with E-state index in [0.717, 1.165) is 18.6 Å². The molecular formula is C15H22O2. The van der Waals surface area contributed by atoms with Gasteiger partial charge in [0.1, 0.15) is 5.75 Å². The number of aliphatic hydroxyl groups excluding tert-OH is 1. The van der Waals surface area contributed by atoms with Crippen molar-refractivity contribution in [3.8, 4) is 5.75 Å². The van der Waals surface area contributed by atoms with Crippen molar-refractivity contribution in [2.45, 2.75) is 45.4 Å². The Morgan fingerprint density at radius 3 is 2.82 bits per heavy atom. The average molecular weight is 234 g/mol. The first-order chi connectivity index (χ1) is 8.19. The second-order valence-electron chi connectivity index (χ2n) is 5.03. The molecule has 94 valence electrons. The predicted molar refractivity (Wildman–Crippen MR) is 69.8 cm³/mol. The number of benzene rings is 1. The van der Waals surface area contributed by atoms with Gasteiger partial charge in [0, 0.05) is 12.2 Å². The summed E-state index contributed by atoms with van der Waals surface area (Å²) in [5.74, 6) is 1.52. The Labute approximate surface area is 104 Å². The van der Waals surface area contributed by atoms with Crippen molar-refractivity contribution >= 4 is 0 Å². The molecule has 1 aliphatic rings. The third-order valence-electron chi connectivity index (χ3n) is 4.00. The second-order valence-corrected chi connectivity index (χ2v) is 5.03. The number of methoxy groups -OCH3 is 1. The fourth-order valence-corrected chi connectivity index (χ4v) is 3.02. The molecule has 17 heavy (non-hydrogen) atoms. The van der Waals surface area contributed by atoms with Crippen molar-refractivity contribution in [2.24, 2.45) is 0 Å². The van der Waals surface area contributed by atoms with Crippen molar-refractivity contribution in [1.82, 2.24) is 0 Å². The molecule has 0 saturated heterocycles. The minimum Gasteiger partial charge on any atom is -0.496 e. The molecule has 2 heteroatoms. The quantitative estimate of drug-likeness (QED) is 0.870. The van der Waals surface area contributed by atoms with E-state index in [0.29, 0.717) is 5.92 Å². The van der Waals surface area contributed by atoms with Crippen LogP contribution in [0.4, 0.5) is 0 Å². The fourth-order valence-electron chi connectivity index (χ4n) is 3.02. The number of hydrogen-bond donors (Lipinski definition) is 1. The Hall–Kier alpha value is -1.02. The van der Waals surface area contributed by atoms with E-state index in [2.05, 4.69) is 19.9 Å². The number of aliphatic hydroxyl groups is 1. The Bertz CT molecular complexity index is 410. The van der Waals surface area contributed by atoms with Crippen molar-refractivity contribution in [1.29, 1.82) is 0 Å². The molecule has 1 aliphatic carbocycles. The van der Waals surface area contributed by atoms with Crippen LogP contribution >= 0.6 is 0 Å². The Morgan fingerprint density at radius 1 is 1.41 bits per heavy atom. The third-order valence-corrected chi connectivity index (χ3v) is 4.00. The van der Waals surface area contributed by atoms with Crippen LogP contribution in [0.25, 0.3) is 0 Å². The summed E-state index contributed by atoms with van der Waals surface area (Å²) in [5.41, 5.74) is 5.34. The molecule has 0 unspecified atom stereocenters. The molecule has 0 heterocycles. The fraction of sp³-hybridized carbons (Fsp3) is 0.600. The molecule has 0 fully saturated rings. The molecule has 1 N–H and O–H groups in total. The number of ether oxygens (including phenoxy) is 1. The number of hydrogen-bond acceptors (Lipinski definition) is 2. The summed E-state index contributed by atoms with van der Waals surface area (Å²) in [5, 5.41) is 9.19. The van der Waals surface area contributed by atoms with Gasteiger partial charge in [0.15, 0.2) is 0 Å². The average Bonchev–Trinajstić information content (AvgIpc) is 2.32. The highest BCUT2D eigenvalue weighted by molar-refractivity contribution is 5.52. The summed E-state index contributed by atoms with van der Waals surface area (Å²) in [6.07, 6.45) is 4.40. The molecule has 0 aliphatic heterocycles. The van der Waals surface area contributed by atoms with Crippen LogP contribution in [0, 0.1) is 13.8 Å². The van der Waals surface area contributed by atoms with Gasteiger partial charge in [0.05, 0.1) is 7.11 Å². The number of aryl methyl sites for hydroxylation is 2. The van der Waals surface area contributed by atoms with Crippen LogP contribution in [0.5, 0.6) is 5.75 Å². The Kier molecular flexibility index (Phi) is 3.72. The van der Waals surface area contributed by atoms with Crippen molar-refractivity contribution < 1.29 is 9.84 Å². The normalized spacial score (nSPS) is 18.9. The van der Waals surface area contributed by atoms with Gasteiger partial charge >= 0.3 is 0 Å². The SMILES string of the molecule is COc1c(C)c(C)cc2c1[C@H](CCO)CCC2. The van der Waals surface area contributed by atoms with Crippen LogP contribution in [0.15, 0.2) is 6.07 Å². The largest absolute Gasteiger partial charge is 0.496 e. The topological polar surface area (TPSA) is 29.5 Å². The highest BCUT2D eigenvalue weighted by atomic mass is 16.5. The van der Waals surface area contributed by atoms with E-state index in [1.807, 2.05) is 0 Å². The molecular weight excluding hydrogens is 212 g/mol. The maximum Gasteiger partial charge on any atom is 0.125 e. The minimum absolute atomic E-state index is 0.264. The lowest BCUT2D eigenvalue weighted by Gasteiger charge is -2.29. The molecule has 0 amide bonds. The molecule has 2 nitrogen and oxygen atoms in total. The number of fused-ring (bicyclic) bond motifs is 1. The summed E-state index contributed by atoms with van der Waals surface area (Å²) in [6, 6.07) is 2.30. The monoisotopic (exact) mass is 234 g/mol. The Morgan fingerprint density at radius 2 is 2.18 bits per heavy atom. The summed E-state index contributed by atoms with van der Waals surface area (Å²) < 4.78 is 5.62. The van der Waals surface area contributed by atoms with E-state index in [4.69, 9.17) is 4.74 Å². The van der Waals surface area contributed by atoms with Gasteiger partial charge < -0.3 is 9.84 Å². The van der Waals surface area contributed by atoms with Crippen LogP contribution in [0.3, 0.4) is 0 Å². The van der Waals surface area contributed by atoms with Gasteiger partial charge in [0.25, 0.3) is 0 Å². The number of rotatable bonds is 3.